The molecular weight excluding hydrogens is 411 g/mol. The van der Waals surface area contributed by atoms with Crippen LogP contribution in [-0.2, 0) is 4.79 Å². The number of amides is 1. The van der Waals surface area contributed by atoms with Crippen molar-refractivity contribution in [2.75, 3.05) is 0 Å². The average Bonchev–Trinajstić information content (AvgIpc) is 2.96. The predicted octanol–water partition coefficient (Wildman–Crippen LogP) is 7.04. The van der Waals surface area contributed by atoms with Gasteiger partial charge in [-0.3, -0.25) is 4.79 Å². The van der Waals surface area contributed by atoms with Crippen LogP contribution in [0, 0.1) is 0 Å². The Morgan fingerprint density at radius 2 is 1.31 bits per heavy atom. The molecule has 2 nitrogen and oxygen atoms in total. The summed E-state index contributed by atoms with van der Waals surface area (Å²) in [4.78, 5) is 13.5. The highest BCUT2D eigenvalue weighted by Gasteiger charge is 2.45. The molecule has 1 atom stereocenters. The summed E-state index contributed by atoms with van der Waals surface area (Å²) < 4.78 is 41.0. The monoisotopic (exact) mass is 433 g/mol. The molecule has 0 fully saturated rings. The summed E-state index contributed by atoms with van der Waals surface area (Å²) in [6.45, 7) is 1.91. The van der Waals surface area contributed by atoms with Crippen molar-refractivity contribution in [1.29, 1.82) is 0 Å². The van der Waals surface area contributed by atoms with Crippen LogP contribution in [0.2, 0.25) is 0 Å². The lowest BCUT2D eigenvalue weighted by molar-refractivity contribution is -0.184. The Labute approximate surface area is 185 Å². The minimum absolute atomic E-state index is 0.258. The van der Waals surface area contributed by atoms with Crippen LogP contribution in [0.1, 0.15) is 36.1 Å². The van der Waals surface area contributed by atoms with Gasteiger partial charge in [0, 0.05) is 11.8 Å². The van der Waals surface area contributed by atoms with Crippen molar-refractivity contribution >= 4 is 17.1 Å². The number of carbonyl (C=O) groups is 1. The lowest BCUT2D eigenvalue weighted by atomic mass is 9.88. The largest absolute Gasteiger partial charge is 0.471 e. The number of alkyl halides is 3. The van der Waals surface area contributed by atoms with Crippen LogP contribution in [0.3, 0.4) is 0 Å². The topological polar surface area (TPSA) is 20.3 Å². The highest BCUT2D eigenvalue weighted by Crippen LogP contribution is 2.43. The first-order valence-electron chi connectivity index (χ1n) is 10.3. The maximum absolute atomic E-state index is 13.7. The zero-order valence-electron chi connectivity index (χ0n) is 17.5. The van der Waals surface area contributed by atoms with Crippen LogP contribution in [0.4, 0.5) is 13.2 Å². The molecule has 1 aliphatic heterocycles. The van der Waals surface area contributed by atoms with Crippen molar-refractivity contribution in [3.63, 3.8) is 0 Å². The third kappa shape index (κ3) is 4.37. The number of nitrogens with zero attached hydrogens (tertiary/aromatic N) is 1. The van der Waals surface area contributed by atoms with Gasteiger partial charge >= 0.3 is 12.1 Å². The summed E-state index contributed by atoms with van der Waals surface area (Å²) in [5.41, 5.74) is 4.69. The van der Waals surface area contributed by atoms with Crippen molar-refractivity contribution in [2.24, 2.45) is 0 Å². The Morgan fingerprint density at radius 3 is 1.84 bits per heavy atom. The van der Waals surface area contributed by atoms with E-state index in [1.165, 1.54) is 6.20 Å². The summed E-state index contributed by atoms with van der Waals surface area (Å²) in [6, 6.07) is 26.9. The van der Waals surface area contributed by atoms with Crippen molar-refractivity contribution in [3.05, 3.63) is 119 Å². The maximum atomic E-state index is 13.7. The van der Waals surface area contributed by atoms with E-state index < -0.39 is 18.1 Å². The number of allylic oxidation sites excluding steroid dienone is 2. The molecule has 1 amide bonds. The number of carbonyl (C=O) groups excluding carboxylic acids is 1. The molecule has 0 N–H and O–H groups in total. The molecule has 0 unspecified atom stereocenters. The first kappa shape index (κ1) is 21.6. The highest BCUT2D eigenvalue weighted by molar-refractivity contribution is 5.93. The molecule has 0 spiro atoms. The van der Waals surface area contributed by atoms with Gasteiger partial charge in [0.05, 0.1) is 6.04 Å². The molecule has 3 aromatic carbocycles. The average molecular weight is 433 g/mol. The zero-order chi connectivity index (χ0) is 22.7. The Balaban J connectivity index is 1.96. The van der Waals surface area contributed by atoms with Crippen LogP contribution in [0.5, 0.6) is 0 Å². The van der Waals surface area contributed by atoms with E-state index in [4.69, 9.17) is 0 Å². The Morgan fingerprint density at radius 1 is 0.812 bits per heavy atom. The standard InChI is InChI=1S/C27H22F3NO/c1-19-23(20-11-5-2-6-12-20)17-25(22-15-9-4-10-16-22)31(26(32)27(28,29)30)18-24(19)21-13-7-3-8-14-21/h2-16,18,25H,17H2,1H3/t25-/m1/s1. The third-order valence-corrected chi connectivity index (χ3v) is 5.73. The molecule has 0 saturated heterocycles. The van der Waals surface area contributed by atoms with E-state index >= 15 is 0 Å². The summed E-state index contributed by atoms with van der Waals surface area (Å²) in [6.07, 6.45) is -3.36. The fourth-order valence-electron chi connectivity index (χ4n) is 4.12. The van der Waals surface area contributed by atoms with Crippen LogP contribution >= 0.6 is 0 Å². The van der Waals surface area contributed by atoms with Crippen molar-refractivity contribution in [1.82, 2.24) is 4.90 Å². The van der Waals surface area contributed by atoms with Crippen LogP contribution in [-0.4, -0.2) is 17.0 Å². The molecular formula is C27H22F3NO. The van der Waals surface area contributed by atoms with Gasteiger partial charge in [-0.15, -0.1) is 0 Å². The fourth-order valence-corrected chi connectivity index (χ4v) is 4.12. The number of benzene rings is 3. The molecule has 0 saturated carbocycles. The Kier molecular flexibility index (Phi) is 5.99. The van der Waals surface area contributed by atoms with Gasteiger partial charge in [-0.2, -0.15) is 13.2 Å². The van der Waals surface area contributed by atoms with Crippen LogP contribution in [0.25, 0.3) is 11.1 Å². The summed E-state index contributed by atoms with van der Waals surface area (Å²) >= 11 is 0. The van der Waals surface area contributed by atoms with E-state index in [0.717, 1.165) is 27.2 Å². The predicted molar refractivity (Wildman–Crippen MR) is 120 cm³/mol. The van der Waals surface area contributed by atoms with E-state index in [-0.39, 0.29) is 6.42 Å². The van der Waals surface area contributed by atoms with Gasteiger partial charge in [0.25, 0.3) is 0 Å². The second-order valence-corrected chi connectivity index (χ2v) is 7.72. The molecule has 162 valence electrons. The first-order valence-corrected chi connectivity index (χ1v) is 10.3. The van der Waals surface area contributed by atoms with E-state index in [2.05, 4.69) is 0 Å². The number of hydrogen-bond acceptors (Lipinski definition) is 1. The second kappa shape index (κ2) is 8.87. The third-order valence-electron chi connectivity index (χ3n) is 5.73. The SMILES string of the molecule is CC1=C(c2ccccc2)C[C@H](c2ccccc2)N(C(=O)C(F)(F)F)C=C1c1ccccc1. The minimum Gasteiger partial charge on any atom is -0.303 e. The second-order valence-electron chi connectivity index (χ2n) is 7.72. The molecule has 5 heteroatoms. The molecule has 3 aromatic rings. The van der Waals surface area contributed by atoms with E-state index in [0.29, 0.717) is 11.1 Å². The quantitative estimate of drug-likeness (QED) is 0.434. The molecule has 0 aromatic heterocycles. The number of hydrogen-bond donors (Lipinski definition) is 0. The molecule has 0 aliphatic carbocycles. The molecule has 1 aliphatic rings. The lowest BCUT2D eigenvalue weighted by Crippen LogP contribution is -2.40. The molecule has 1 heterocycles. The van der Waals surface area contributed by atoms with E-state index in [9.17, 15) is 18.0 Å². The number of rotatable bonds is 3. The summed E-state index contributed by atoms with van der Waals surface area (Å²) in [5.74, 6) is -1.87. The van der Waals surface area contributed by atoms with Gasteiger partial charge in [-0.1, -0.05) is 91.0 Å². The minimum atomic E-state index is -4.99. The van der Waals surface area contributed by atoms with Crippen LogP contribution < -0.4 is 0 Å². The van der Waals surface area contributed by atoms with E-state index in [1.54, 1.807) is 30.3 Å². The zero-order valence-corrected chi connectivity index (χ0v) is 17.5. The number of halogens is 3. The maximum Gasteiger partial charge on any atom is 0.471 e. The Bertz CT molecular complexity index is 1150. The van der Waals surface area contributed by atoms with Gasteiger partial charge in [0.1, 0.15) is 0 Å². The molecule has 32 heavy (non-hydrogen) atoms. The lowest BCUT2D eigenvalue weighted by Gasteiger charge is -2.30. The Hall–Kier alpha value is -3.60. The van der Waals surface area contributed by atoms with Gasteiger partial charge < -0.3 is 4.90 Å². The van der Waals surface area contributed by atoms with E-state index in [1.807, 2.05) is 67.6 Å². The molecule has 0 radical (unpaired) electrons. The summed E-state index contributed by atoms with van der Waals surface area (Å²) in [5, 5.41) is 0. The first-order chi connectivity index (χ1) is 15.4. The van der Waals surface area contributed by atoms with Crippen molar-refractivity contribution < 1.29 is 18.0 Å². The van der Waals surface area contributed by atoms with Gasteiger partial charge in [-0.05, 0) is 41.2 Å². The highest BCUT2D eigenvalue weighted by atomic mass is 19.4. The fraction of sp³-hybridized carbons (Fsp3) is 0.148. The van der Waals surface area contributed by atoms with Gasteiger partial charge in [-0.25, -0.2) is 0 Å². The van der Waals surface area contributed by atoms with Crippen molar-refractivity contribution in [3.8, 4) is 0 Å². The van der Waals surface area contributed by atoms with Gasteiger partial charge in [0.2, 0.25) is 0 Å². The normalized spacial score (nSPS) is 17.1. The molecule has 4 rings (SSSR count). The summed E-state index contributed by atoms with van der Waals surface area (Å²) in [7, 11) is 0. The van der Waals surface area contributed by atoms with Crippen LogP contribution in [0.15, 0.2) is 103 Å². The molecule has 0 bridgehead atoms. The van der Waals surface area contributed by atoms with Crippen molar-refractivity contribution in [2.45, 2.75) is 25.6 Å². The smallest absolute Gasteiger partial charge is 0.303 e. The van der Waals surface area contributed by atoms with Gasteiger partial charge in [0.15, 0.2) is 0 Å².